The van der Waals surface area contributed by atoms with Gasteiger partial charge in [-0.15, -0.1) is 11.3 Å². The van der Waals surface area contributed by atoms with E-state index in [1.807, 2.05) is 5.38 Å². The zero-order valence-electron chi connectivity index (χ0n) is 9.71. The van der Waals surface area contributed by atoms with Gasteiger partial charge >= 0.3 is 12.0 Å². The number of aromatic nitrogens is 1. The number of amides is 2. The molecule has 0 spiro atoms. The number of hydrogen-bond donors (Lipinski definition) is 2. The van der Waals surface area contributed by atoms with Crippen molar-refractivity contribution in [3.05, 3.63) is 16.6 Å². The van der Waals surface area contributed by atoms with Crippen molar-refractivity contribution >= 4 is 23.3 Å². The molecule has 2 N–H and O–H groups in total. The Kier molecular flexibility index (Phi) is 4.89. The Morgan fingerprint density at radius 2 is 2.35 bits per heavy atom. The van der Waals surface area contributed by atoms with Gasteiger partial charge in [0.15, 0.2) is 0 Å². The van der Waals surface area contributed by atoms with Crippen LogP contribution in [0.25, 0.3) is 0 Å². The second kappa shape index (κ2) is 6.19. The number of nitrogens with one attached hydrogen (secondary N) is 1. The minimum Gasteiger partial charge on any atom is -0.481 e. The summed E-state index contributed by atoms with van der Waals surface area (Å²) in [5.74, 6) is -1.49. The summed E-state index contributed by atoms with van der Waals surface area (Å²) < 4.78 is 0. The van der Waals surface area contributed by atoms with E-state index in [4.69, 9.17) is 5.11 Å². The summed E-state index contributed by atoms with van der Waals surface area (Å²) in [4.78, 5) is 27.6. The molecule has 0 radical (unpaired) electrons. The van der Waals surface area contributed by atoms with Gasteiger partial charge in [0, 0.05) is 25.2 Å². The molecular weight excluding hydrogens is 242 g/mol. The summed E-state index contributed by atoms with van der Waals surface area (Å²) in [5.41, 5.74) is 0. The molecule has 1 aromatic rings. The number of hydrogen-bond acceptors (Lipinski definition) is 4. The summed E-state index contributed by atoms with van der Waals surface area (Å²) in [6, 6.07) is -0.298. The number of carbonyl (C=O) groups is 2. The highest BCUT2D eigenvalue weighted by atomic mass is 32.1. The van der Waals surface area contributed by atoms with Crippen molar-refractivity contribution < 1.29 is 14.7 Å². The van der Waals surface area contributed by atoms with Crippen LogP contribution in [0, 0.1) is 5.92 Å². The molecule has 2 amide bonds. The molecule has 17 heavy (non-hydrogen) atoms. The van der Waals surface area contributed by atoms with Gasteiger partial charge in [-0.05, 0) is 0 Å². The second-order valence-electron chi connectivity index (χ2n) is 3.70. The Morgan fingerprint density at radius 3 is 2.88 bits per heavy atom. The Morgan fingerprint density at radius 1 is 1.65 bits per heavy atom. The van der Waals surface area contributed by atoms with Crippen LogP contribution < -0.4 is 5.32 Å². The quantitative estimate of drug-likeness (QED) is 0.824. The number of nitrogens with zero attached hydrogens (tertiary/aromatic N) is 2. The fraction of sp³-hybridized carbons (Fsp3) is 0.500. The van der Waals surface area contributed by atoms with Gasteiger partial charge in [0.2, 0.25) is 0 Å². The van der Waals surface area contributed by atoms with Crippen molar-refractivity contribution in [2.24, 2.45) is 5.92 Å². The third-order valence-corrected chi connectivity index (χ3v) is 2.97. The first-order chi connectivity index (χ1) is 8.00. The fourth-order valence-corrected chi connectivity index (χ4v) is 1.75. The lowest BCUT2D eigenvalue weighted by atomic mass is 10.2. The average molecular weight is 257 g/mol. The van der Waals surface area contributed by atoms with Crippen LogP contribution in [0.3, 0.4) is 0 Å². The predicted molar refractivity (Wildman–Crippen MR) is 63.8 cm³/mol. The van der Waals surface area contributed by atoms with Crippen molar-refractivity contribution in [3.63, 3.8) is 0 Å². The number of rotatable bonds is 5. The van der Waals surface area contributed by atoms with Gasteiger partial charge in [0.05, 0.1) is 12.5 Å². The molecule has 0 saturated carbocycles. The maximum atomic E-state index is 11.6. The maximum Gasteiger partial charge on any atom is 0.317 e. The van der Waals surface area contributed by atoms with Gasteiger partial charge in [-0.25, -0.2) is 9.78 Å². The summed E-state index contributed by atoms with van der Waals surface area (Å²) in [5, 5.41) is 14.0. The zero-order valence-corrected chi connectivity index (χ0v) is 10.5. The van der Waals surface area contributed by atoms with Crippen LogP contribution in [0.5, 0.6) is 0 Å². The van der Waals surface area contributed by atoms with Gasteiger partial charge < -0.3 is 15.3 Å². The Labute approximate surface area is 103 Å². The lowest BCUT2D eigenvalue weighted by Gasteiger charge is -2.19. The molecule has 1 rings (SSSR count). The van der Waals surface area contributed by atoms with Crippen LogP contribution in [-0.4, -0.2) is 40.6 Å². The van der Waals surface area contributed by atoms with E-state index in [0.717, 1.165) is 5.01 Å². The lowest BCUT2D eigenvalue weighted by Crippen LogP contribution is -2.40. The van der Waals surface area contributed by atoms with E-state index in [2.05, 4.69) is 10.3 Å². The molecule has 94 valence electrons. The van der Waals surface area contributed by atoms with E-state index >= 15 is 0 Å². The molecule has 0 aliphatic rings. The Balaban J connectivity index is 2.34. The van der Waals surface area contributed by atoms with Gasteiger partial charge in [-0.2, -0.15) is 0 Å². The number of carbonyl (C=O) groups excluding carboxylic acids is 1. The van der Waals surface area contributed by atoms with Gasteiger partial charge in [0.1, 0.15) is 5.01 Å². The topological polar surface area (TPSA) is 82.5 Å². The van der Waals surface area contributed by atoms with E-state index in [1.54, 1.807) is 20.2 Å². The van der Waals surface area contributed by atoms with Crippen molar-refractivity contribution in [2.75, 3.05) is 13.6 Å². The first kappa shape index (κ1) is 13.4. The molecule has 1 heterocycles. The molecule has 0 fully saturated rings. The van der Waals surface area contributed by atoms with E-state index in [-0.39, 0.29) is 12.6 Å². The van der Waals surface area contributed by atoms with Gasteiger partial charge in [0.25, 0.3) is 0 Å². The third-order valence-electron chi connectivity index (χ3n) is 2.19. The van der Waals surface area contributed by atoms with Crippen LogP contribution in [0.2, 0.25) is 0 Å². The normalized spacial score (nSPS) is 11.9. The summed E-state index contributed by atoms with van der Waals surface area (Å²) in [7, 11) is 1.57. The third kappa shape index (κ3) is 4.39. The van der Waals surface area contributed by atoms with Gasteiger partial charge in [-0.1, -0.05) is 6.92 Å². The summed E-state index contributed by atoms with van der Waals surface area (Å²) >= 11 is 1.46. The SMILES string of the molecule is CC(CN(C)C(=O)NCc1nccs1)C(=O)O. The second-order valence-corrected chi connectivity index (χ2v) is 4.68. The first-order valence-corrected chi connectivity index (χ1v) is 5.98. The summed E-state index contributed by atoms with van der Waals surface area (Å²) in [6.45, 7) is 2.11. The predicted octanol–water partition coefficient (Wildman–Crippen LogP) is 1.01. The average Bonchev–Trinajstić information content (AvgIpc) is 2.78. The van der Waals surface area contributed by atoms with Crippen LogP contribution in [0.1, 0.15) is 11.9 Å². The number of carboxylic acids is 1. The van der Waals surface area contributed by atoms with Crippen molar-refractivity contribution in [1.82, 2.24) is 15.2 Å². The number of thiazole rings is 1. The highest BCUT2D eigenvalue weighted by Crippen LogP contribution is 2.03. The Hall–Kier alpha value is -1.63. The molecule has 0 aromatic carbocycles. The molecule has 0 aliphatic carbocycles. The first-order valence-electron chi connectivity index (χ1n) is 5.11. The molecule has 7 heteroatoms. The van der Waals surface area contributed by atoms with E-state index in [1.165, 1.54) is 16.2 Å². The minimum atomic E-state index is -0.912. The lowest BCUT2D eigenvalue weighted by molar-refractivity contribution is -0.141. The standard InChI is InChI=1S/C10H15N3O3S/c1-7(9(14)15)6-13(2)10(16)12-5-8-11-3-4-17-8/h3-4,7H,5-6H2,1-2H3,(H,12,16)(H,14,15). The smallest absolute Gasteiger partial charge is 0.317 e. The van der Waals surface area contributed by atoms with E-state index in [0.29, 0.717) is 6.54 Å². The van der Waals surface area contributed by atoms with Crippen LogP contribution in [0.15, 0.2) is 11.6 Å². The molecule has 1 aromatic heterocycles. The number of urea groups is 1. The van der Waals surface area contributed by atoms with Crippen LogP contribution >= 0.6 is 11.3 Å². The van der Waals surface area contributed by atoms with Crippen molar-refractivity contribution in [1.29, 1.82) is 0 Å². The highest BCUT2D eigenvalue weighted by Gasteiger charge is 2.17. The highest BCUT2D eigenvalue weighted by molar-refractivity contribution is 7.09. The van der Waals surface area contributed by atoms with E-state index < -0.39 is 11.9 Å². The van der Waals surface area contributed by atoms with Crippen molar-refractivity contribution in [2.45, 2.75) is 13.5 Å². The van der Waals surface area contributed by atoms with Crippen molar-refractivity contribution in [3.8, 4) is 0 Å². The number of aliphatic carboxylic acids is 1. The molecule has 0 saturated heterocycles. The van der Waals surface area contributed by atoms with E-state index in [9.17, 15) is 9.59 Å². The maximum absolute atomic E-state index is 11.6. The fourth-order valence-electron chi connectivity index (χ4n) is 1.20. The summed E-state index contributed by atoms with van der Waals surface area (Å²) in [6.07, 6.45) is 1.67. The molecule has 0 aliphatic heterocycles. The Bertz CT molecular complexity index is 380. The molecule has 1 atom stereocenters. The van der Waals surface area contributed by atoms with Gasteiger partial charge in [-0.3, -0.25) is 4.79 Å². The monoisotopic (exact) mass is 257 g/mol. The zero-order chi connectivity index (χ0) is 12.8. The molecular formula is C10H15N3O3S. The van der Waals surface area contributed by atoms with Crippen LogP contribution in [-0.2, 0) is 11.3 Å². The molecule has 6 nitrogen and oxygen atoms in total. The van der Waals surface area contributed by atoms with Crippen LogP contribution in [0.4, 0.5) is 4.79 Å². The number of carboxylic acid groups (broad SMARTS) is 1. The largest absolute Gasteiger partial charge is 0.481 e. The molecule has 0 bridgehead atoms. The molecule has 1 unspecified atom stereocenters. The minimum absolute atomic E-state index is 0.180.